The molecule has 0 bridgehead atoms. The normalized spacial score (nSPS) is 14.2. The molecule has 0 aromatic carbocycles. The van der Waals surface area contributed by atoms with E-state index in [1.54, 1.807) is 29.3 Å². The van der Waals surface area contributed by atoms with Crippen molar-refractivity contribution in [3.8, 4) is 5.82 Å². The Kier molecular flexibility index (Phi) is 3.73. The molecule has 2 aromatic rings. The minimum absolute atomic E-state index is 0.0143. The van der Waals surface area contributed by atoms with Crippen LogP contribution in [0, 0.1) is 0 Å². The number of amides is 1. The molecule has 0 saturated heterocycles. The maximum Gasteiger partial charge on any atom is 0.225 e. The van der Waals surface area contributed by atoms with Crippen molar-refractivity contribution in [1.82, 2.24) is 20.1 Å². The average Bonchev–Trinajstić information content (AvgIpc) is 3.11. The molecule has 6 heteroatoms. The summed E-state index contributed by atoms with van der Waals surface area (Å²) in [6.45, 7) is 0.716. The first-order valence-corrected chi connectivity index (χ1v) is 6.81. The van der Waals surface area contributed by atoms with Crippen molar-refractivity contribution >= 4 is 11.6 Å². The van der Waals surface area contributed by atoms with E-state index in [-0.39, 0.29) is 5.91 Å². The molecule has 20 heavy (non-hydrogen) atoms. The monoisotopic (exact) mass is 271 g/mol. The molecular formula is C14H17N5O. The lowest BCUT2D eigenvalue weighted by molar-refractivity contribution is -0.116. The molecule has 0 unspecified atom stereocenters. The molecule has 0 radical (unpaired) electrons. The van der Waals surface area contributed by atoms with Crippen LogP contribution in [0.2, 0.25) is 0 Å². The van der Waals surface area contributed by atoms with Crippen molar-refractivity contribution in [2.75, 3.05) is 11.9 Å². The van der Waals surface area contributed by atoms with Gasteiger partial charge in [-0.25, -0.2) is 9.67 Å². The summed E-state index contributed by atoms with van der Waals surface area (Å²) < 4.78 is 1.64. The van der Waals surface area contributed by atoms with Gasteiger partial charge in [0.05, 0.1) is 5.69 Å². The maximum absolute atomic E-state index is 11.9. The number of nitrogens with one attached hydrogen (secondary N) is 2. The first-order chi connectivity index (χ1) is 9.83. The lowest BCUT2D eigenvalue weighted by Crippen LogP contribution is -2.23. The van der Waals surface area contributed by atoms with E-state index < -0.39 is 0 Å². The van der Waals surface area contributed by atoms with Crippen LogP contribution in [0.3, 0.4) is 0 Å². The number of hydrogen-bond acceptors (Lipinski definition) is 4. The number of rotatable bonds is 6. The fourth-order valence-electron chi connectivity index (χ4n) is 1.96. The van der Waals surface area contributed by atoms with Crippen LogP contribution in [0.15, 0.2) is 36.8 Å². The third kappa shape index (κ3) is 3.21. The minimum Gasteiger partial charge on any atom is -0.323 e. The summed E-state index contributed by atoms with van der Waals surface area (Å²) in [7, 11) is 0. The van der Waals surface area contributed by atoms with E-state index in [1.807, 2.05) is 12.1 Å². The first-order valence-electron chi connectivity index (χ1n) is 6.81. The second-order valence-electron chi connectivity index (χ2n) is 4.85. The molecule has 2 N–H and O–H groups in total. The van der Waals surface area contributed by atoms with Crippen molar-refractivity contribution in [1.29, 1.82) is 0 Å². The molecule has 1 aliphatic carbocycles. The highest BCUT2D eigenvalue weighted by Gasteiger charge is 2.20. The number of nitrogens with zero attached hydrogens (tertiary/aromatic N) is 3. The summed E-state index contributed by atoms with van der Waals surface area (Å²) in [6, 6.07) is 6.07. The zero-order valence-electron chi connectivity index (χ0n) is 11.1. The Balaban J connectivity index is 1.62. The Labute approximate surface area is 117 Å². The van der Waals surface area contributed by atoms with Crippen LogP contribution in [-0.2, 0) is 4.79 Å². The van der Waals surface area contributed by atoms with Gasteiger partial charge in [-0.05, 0) is 31.0 Å². The maximum atomic E-state index is 11.9. The number of hydrogen-bond donors (Lipinski definition) is 2. The van der Waals surface area contributed by atoms with Crippen LogP contribution >= 0.6 is 0 Å². The highest BCUT2D eigenvalue weighted by Crippen LogP contribution is 2.18. The summed E-state index contributed by atoms with van der Waals surface area (Å²) in [5, 5.41) is 10.4. The highest BCUT2D eigenvalue weighted by molar-refractivity contribution is 5.92. The summed E-state index contributed by atoms with van der Waals surface area (Å²) in [4.78, 5) is 16.2. The third-order valence-corrected chi connectivity index (χ3v) is 3.14. The predicted octanol–water partition coefficient (Wildman–Crippen LogP) is 1.35. The zero-order valence-corrected chi connectivity index (χ0v) is 11.1. The van der Waals surface area contributed by atoms with E-state index in [1.165, 1.54) is 12.8 Å². The second kappa shape index (κ2) is 5.83. The fraction of sp³-hybridized carbons (Fsp3) is 0.357. The lowest BCUT2D eigenvalue weighted by Gasteiger charge is -2.10. The summed E-state index contributed by atoms with van der Waals surface area (Å²) >= 11 is 0. The van der Waals surface area contributed by atoms with Gasteiger partial charge in [-0.3, -0.25) is 4.79 Å². The molecule has 0 atom stereocenters. The second-order valence-corrected chi connectivity index (χ2v) is 4.85. The molecule has 0 spiro atoms. The molecule has 104 valence electrons. The van der Waals surface area contributed by atoms with Gasteiger partial charge in [-0.15, -0.1) is 0 Å². The van der Waals surface area contributed by atoms with Crippen LogP contribution in [0.1, 0.15) is 19.3 Å². The zero-order chi connectivity index (χ0) is 13.8. The number of carbonyl (C=O) groups excluding carboxylic acids is 1. The Bertz CT molecular complexity index is 577. The van der Waals surface area contributed by atoms with Crippen molar-refractivity contribution in [2.45, 2.75) is 25.3 Å². The molecular weight excluding hydrogens is 254 g/mol. The number of aromatic nitrogens is 3. The summed E-state index contributed by atoms with van der Waals surface area (Å²) in [6.07, 6.45) is 8.08. The van der Waals surface area contributed by atoms with Gasteiger partial charge in [0, 0.05) is 37.6 Å². The SMILES string of the molecule is O=C(CCNC1CC1)Nc1cccnc1-n1cccn1. The topological polar surface area (TPSA) is 71.8 Å². The first kappa shape index (κ1) is 12.8. The number of pyridine rings is 1. The van der Waals surface area contributed by atoms with E-state index in [2.05, 4.69) is 20.7 Å². The summed E-state index contributed by atoms with van der Waals surface area (Å²) in [5.74, 6) is 0.612. The molecule has 3 rings (SSSR count). The Morgan fingerprint density at radius 3 is 3.00 bits per heavy atom. The van der Waals surface area contributed by atoms with E-state index in [9.17, 15) is 4.79 Å². The Morgan fingerprint density at radius 1 is 1.35 bits per heavy atom. The van der Waals surface area contributed by atoms with Crippen molar-refractivity contribution < 1.29 is 4.79 Å². The van der Waals surface area contributed by atoms with Crippen molar-refractivity contribution in [2.24, 2.45) is 0 Å². The highest BCUT2D eigenvalue weighted by atomic mass is 16.1. The molecule has 1 amide bonds. The number of anilines is 1. The third-order valence-electron chi connectivity index (χ3n) is 3.14. The predicted molar refractivity (Wildman–Crippen MR) is 75.6 cm³/mol. The molecule has 1 saturated carbocycles. The number of carbonyl (C=O) groups is 1. The Morgan fingerprint density at radius 2 is 2.25 bits per heavy atom. The molecule has 0 aliphatic heterocycles. The van der Waals surface area contributed by atoms with E-state index in [0.29, 0.717) is 30.5 Å². The van der Waals surface area contributed by atoms with Crippen LogP contribution in [0.25, 0.3) is 5.82 Å². The standard InChI is InChI=1S/C14H17N5O/c20-13(6-9-15-11-4-5-11)18-12-3-1-7-16-14(12)19-10-2-8-17-19/h1-3,7-8,10-11,15H,4-6,9H2,(H,18,20). The van der Waals surface area contributed by atoms with Crippen molar-refractivity contribution in [3.05, 3.63) is 36.8 Å². The van der Waals surface area contributed by atoms with Crippen LogP contribution < -0.4 is 10.6 Å². The van der Waals surface area contributed by atoms with E-state index in [0.717, 1.165) is 0 Å². The van der Waals surface area contributed by atoms with Crippen molar-refractivity contribution in [3.63, 3.8) is 0 Å². The van der Waals surface area contributed by atoms with Gasteiger partial charge in [0.1, 0.15) is 0 Å². The molecule has 2 aromatic heterocycles. The van der Waals surface area contributed by atoms with E-state index in [4.69, 9.17) is 0 Å². The quantitative estimate of drug-likeness (QED) is 0.832. The van der Waals surface area contributed by atoms with Gasteiger partial charge in [0.2, 0.25) is 5.91 Å². The smallest absolute Gasteiger partial charge is 0.225 e. The molecule has 6 nitrogen and oxygen atoms in total. The average molecular weight is 271 g/mol. The van der Waals surface area contributed by atoms with Gasteiger partial charge in [-0.1, -0.05) is 0 Å². The largest absolute Gasteiger partial charge is 0.323 e. The lowest BCUT2D eigenvalue weighted by atomic mass is 10.3. The van der Waals surface area contributed by atoms with Gasteiger partial charge < -0.3 is 10.6 Å². The van der Waals surface area contributed by atoms with Gasteiger partial charge in [0.15, 0.2) is 5.82 Å². The summed E-state index contributed by atoms with van der Waals surface area (Å²) in [5.41, 5.74) is 0.674. The fourth-order valence-corrected chi connectivity index (χ4v) is 1.96. The molecule has 1 aliphatic rings. The molecule has 2 heterocycles. The van der Waals surface area contributed by atoms with Crippen LogP contribution in [0.4, 0.5) is 5.69 Å². The Hall–Kier alpha value is -2.21. The minimum atomic E-state index is -0.0143. The van der Waals surface area contributed by atoms with E-state index >= 15 is 0 Å². The van der Waals surface area contributed by atoms with Crippen LogP contribution in [-0.4, -0.2) is 33.3 Å². The van der Waals surface area contributed by atoms with Gasteiger partial charge >= 0.3 is 0 Å². The van der Waals surface area contributed by atoms with Crippen LogP contribution in [0.5, 0.6) is 0 Å². The van der Waals surface area contributed by atoms with Gasteiger partial charge in [-0.2, -0.15) is 5.10 Å². The molecule has 1 fully saturated rings. The van der Waals surface area contributed by atoms with Gasteiger partial charge in [0.25, 0.3) is 0 Å².